The van der Waals surface area contributed by atoms with Crippen LogP contribution in [0, 0.1) is 11.8 Å². The van der Waals surface area contributed by atoms with Crippen LogP contribution in [0.2, 0.25) is 0 Å². The van der Waals surface area contributed by atoms with Crippen molar-refractivity contribution in [2.24, 2.45) is 11.8 Å². The highest BCUT2D eigenvalue weighted by molar-refractivity contribution is 5.74. The fraction of sp³-hybridized carbons (Fsp3) is 0.833. The number of amides is 1. The molecule has 2 saturated heterocycles. The molecule has 3 aliphatic rings. The summed E-state index contributed by atoms with van der Waals surface area (Å²) in [6, 6.07) is 0.186. The van der Waals surface area contributed by atoms with Crippen LogP contribution in [0.1, 0.15) is 33.6 Å². The van der Waals surface area contributed by atoms with Gasteiger partial charge in [0.25, 0.3) is 0 Å². The maximum absolute atomic E-state index is 11.9. The van der Waals surface area contributed by atoms with Crippen molar-refractivity contribution in [1.29, 1.82) is 0 Å². The Bertz CT molecular complexity index is 341. The van der Waals surface area contributed by atoms with E-state index >= 15 is 0 Å². The number of rotatable bonds is 1. The van der Waals surface area contributed by atoms with Crippen LogP contribution in [0.5, 0.6) is 0 Å². The van der Waals surface area contributed by atoms with E-state index in [4.69, 9.17) is 9.84 Å². The third kappa shape index (κ3) is 2.37. The lowest BCUT2D eigenvalue weighted by molar-refractivity contribution is -0.152. The molecule has 17 heavy (non-hydrogen) atoms. The van der Waals surface area contributed by atoms with Gasteiger partial charge in [0, 0.05) is 12.6 Å². The van der Waals surface area contributed by atoms with Gasteiger partial charge >= 0.3 is 12.1 Å². The average molecular weight is 241 g/mol. The number of aliphatic carboxylic acids is 1. The van der Waals surface area contributed by atoms with E-state index in [0.717, 1.165) is 12.8 Å². The molecule has 96 valence electrons. The Hall–Kier alpha value is -1.26. The lowest BCUT2D eigenvalue weighted by Gasteiger charge is -2.51. The second-order valence-corrected chi connectivity index (χ2v) is 5.96. The number of carboxylic acid groups (broad SMARTS) is 1. The molecular weight excluding hydrogens is 222 g/mol. The summed E-state index contributed by atoms with van der Waals surface area (Å²) in [4.78, 5) is 24.6. The van der Waals surface area contributed by atoms with Crippen molar-refractivity contribution in [3.05, 3.63) is 0 Å². The fourth-order valence-corrected chi connectivity index (χ4v) is 2.55. The van der Waals surface area contributed by atoms with E-state index < -0.39 is 17.5 Å². The van der Waals surface area contributed by atoms with Gasteiger partial charge in [0.15, 0.2) is 0 Å². The highest BCUT2D eigenvalue weighted by Crippen LogP contribution is 2.43. The van der Waals surface area contributed by atoms with E-state index in [1.54, 1.807) is 4.90 Å². The molecule has 2 bridgehead atoms. The molecule has 1 unspecified atom stereocenters. The molecule has 1 N–H and O–H groups in total. The van der Waals surface area contributed by atoms with Crippen molar-refractivity contribution in [3.8, 4) is 0 Å². The molecule has 0 spiro atoms. The number of hydrogen-bond donors (Lipinski definition) is 1. The van der Waals surface area contributed by atoms with E-state index in [-0.39, 0.29) is 18.1 Å². The molecular formula is C12H19NO4. The molecule has 2 aliphatic heterocycles. The van der Waals surface area contributed by atoms with E-state index in [1.807, 2.05) is 20.8 Å². The second-order valence-electron chi connectivity index (χ2n) is 5.96. The summed E-state index contributed by atoms with van der Waals surface area (Å²) >= 11 is 0. The third-order valence-corrected chi connectivity index (χ3v) is 3.50. The van der Waals surface area contributed by atoms with Gasteiger partial charge in [0.2, 0.25) is 0 Å². The van der Waals surface area contributed by atoms with Gasteiger partial charge < -0.3 is 14.7 Å². The highest BCUT2D eigenvalue weighted by Gasteiger charge is 2.50. The zero-order chi connectivity index (χ0) is 12.8. The molecule has 1 aliphatic carbocycles. The Morgan fingerprint density at radius 3 is 2.35 bits per heavy atom. The minimum atomic E-state index is -0.804. The van der Waals surface area contributed by atoms with E-state index in [1.165, 1.54) is 0 Å². The number of carbonyl (C=O) groups is 2. The third-order valence-electron chi connectivity index (χ3n) is 3.50. The minimum absolute atomic E-state index is 0.186. The number of fused-ring (bicyclic) bond motifs is 2. The predicted octanol–water partition coefficient (Wildman–Crippen LogP) is 1.72. The number of carbonyl (C=O) groups excluding carboxylic acids is 1. The van der Waals surface area contributed by atoms with E-state index in [2.05, 4.69) is 0 Å². The zero-order valence-corrected chi connectivity index (χ0v) is 10.5. The van der Waals surface area contributed by atoms with Gasteiger partial charge in [0.1, 0.15) is 5.60 Å². The highest BCUT2D eigenvalue weighted by atomic mass is 16.6. The molecule has 5 heteroatoms. The number of carboxylic acids is 1. The first kappa shape index (κ1) is 12.2. The maximum Gasteiger partial charge on any atom is 0.410 e. The first-order valence-electron chi connectivity index (χ1n) is 6.00. The van der Waals surface area contributed by atoms with Crippen molar-refractivity contribution < 1.29 is 19.4 Å². The van der Waals surface area contributed by atoms with Crippen LogP contribution in [0.25, 0.3) is 0 Å². The molecule has 1 saturated carbocycles. The molecule has 3 rings (SSSR count). The number of ether oxygens (including phenoxy) is 1. The van der Waals surface area contributed by atoms with Gasteiger partial charge in [-0.05, 0) is 39.5 Å². The van der Waals surface area contributed by atoms with Crippen molar-refractivity contribution in [2.45, 2.75) is 45.3 Å². The van der Waals surface area contributed by atoms with Crippen LogP contribution in [-0.4, -0.2) is 40.3 Å². The predicted molar refractivity (Wildman–Crippen MR) is 60.6 cm³/mol. The van der Waals surface area contributed by atoms with Crippen molar-refractivity contribution in [1.82, 2.24) is 4.90 Å². The average Bonchev–Trinajstić information content (AvgIpc) is 2.12. The van der Waals surface area contributed by atoms with Crippen LogP contribution in [0.4, 0.5) is 4.79 Å². The molecule has 0 aromatic carbocycles. The van der Waals surface area contributed by atoms with Crippen LogP contribution >= 0.6 is 0 Å². The summed E-state index contributed by atoms with van der Waals surface area (Å²) in [5, 5.41) is 9.09. The summed E-state index contributed by atoms with van der Waals surface area (Å²) in [6.45, 7) is 5.73. The monoisotopic (exact) mass is 241 g/mol. The van der Waals surface area contributed by atoms with Crippen LogP contribution < -0.4 is 0 Å². The number of nitrogens with zero attached hydrogens (tertiary/aromatic N) is 1. The van der Waals surface area contributed by atoms with Crippen molar-refractivity contribution in [3.63, 3.8) is 0 Å². The Morgan fingerprint density at radius 1 is 1.29 bits per heavy atom. The lowest BCUT2D eigenvalue weighted by Crippen LogP contribution is -2.60. The first-order valence-corrected chi connectivity index (χ1v) is 6.00. The molecule has 1 amide bonds. The van der Waals surface area contributed by atoms with E-state index in [9.17, 15) is 9.59 Å². The minimum Gasteiger partial charge on any atom is -0.481 e. The molecule has 0 radical (unpaired) electrons. The molecule has 0 aromatic rings. The largest absolute Gasteiger partial charge is 0.481 e. The van der Waals surface area contributed by atoms with Gasteiger partial charge in [-0.3, -0.25) is 4.79 Å². The molecule has 5 nitrogen and oxygen atoms in total. The first-order chi connectivity index (χ1) is 7.78. The quantitative estimate of drug-likeness (QED) is 0.759. The summed E-state index contributed by atoms with van der Waals surface area (Å²) in [7, 11) is 0. The second kappa shape index (κ2) is 3.89. The van der Waals surface area contributed by atoms with Crippen molar-refractivity contribution >= 4 is 12.1 Å². The van der Waals surface area contributed by atoms with Crippen LogP contribution in [-0.2, 0) is 9.53 Å². The zero-order valence-electron chi connectivity index (χ0n) is 10.5. The lowest BCUT2D eigenvalue weighted by atomic mass is 9.67. The van der Waals surface area contributed by atoms with E-state index in [0.29, 0.717) is 6.54 Å². The molecule has 0 aromatic heterocycles. The Labute approximate surface area is 101 Å². The normalized spacial score (nSPS) is 31.7. The van der Waals surface area contributed by atoms with Gasteiger partial charge in [-0.1, -0.05) is 0 Å². The molecule has 3 fully saturated rings. The van der Waals surface area contributed by atoms with Crippen LogP contribution in [0.3, 0.4) is 0 Å². The van der Waals surface area contributed by atoms with Crippen molar-refractivity contribution in [2.75, 3.05) is 6.54 Å². The smallest absolute Gasteiger partial charge is 0.410 e. The Balaban J connectivity index is 2.02. The summed E-state index contributed by atoms with van der Waals surface area (Å²) in [6.07, 6.45) is 1.22. The van der Waals surface area contributed by atoms with Gasteiger partial charge in [0.05, 0.1) is 5.92 Å². The van der Waals surface area contributed by atoms with Gasteiger partial charge in [-0.2, -0.15) is 0 Å². The molecule has 2 heterocycles. The Kier molecular flexibility index (Phi) is 2.79. The summed E-state index contributed by atoms with van der Waals surface area (Å²) in [5.74, 6) is -0.981. The number of hydrogen-bond acceptors (Lipinski definition) is 3. The number of piperidine rings is 2. The topological polar surface area (TPSA) is 66.8 Å². The fourth-order valence-electron chi connectivity index (χ4n) is 2.55. The standard InChI is InChI=1S/C12H19NO4/c1-12(2,3)17-11(16)13-6-9(10(14)15)7-4-8(13)5-7/h7-9H,4-6H2,1-3H3,(H,14,15). The maximum atomic E-state index is 11.9. The molecule has 1 atom stereocenters. The SMILES string of the molecule is CC(C)(C)OC(=O)N1CC(C(=O)O)C2CC1C2. The Morgan fingerprint density at radius 2 is 1.88 bits per heavy atom. The van der Waals surface area contributed by atoms with Crippen LogP contribution in [0.15, 0.2) is 0 Å². The summed E-state index contributed by atoms with van der Waals surface area (Å²) in [5.41, 5.74) is -0.531. The van der Waals surface area contributed by atoms with Gasteiger partial charge in [-0.25, -0.2) is 4.79 Å². The van der Waals surface area contributed by atoms with Gasteiger partial charge in [-0.15, -0.1) is 0 Å². The summed E-state index contributed by atoms with van der Waals surface area (Å²) < 4.78 is 5.29.